The van der Waals surface area contributed by atoms with Crippen molar-refractivity contribution in [3.63, 3.8) is 0 Å². The lowest BCUT2D eigenvalue weighted by Gasteiger charge is -2.23. The number of alkyl halides is 3. The summed E-state index contributed by atoms with van der Waals surface area (Å²) < 4.78 is 43.2. The summed E-state index contributed by atoms with van der Waals surface area (Å²) in [6.45, 7) is 0. The molecular formula is C25H36F3NO5. The predicted octanol–water partition coefficient (Wildman–Crippen LogP) is 5.12. The molecule has 2 rings (SSSR count). The number of ether oxygens (including phenoxy) is 1. The van der Waals surface area contributed by atoms with E-state index in [1.807, 2.05) is 0 Å². The fourth-order valence-electron chi connectivity index (χ4n) is 4.78. The Balaban J connectivity index is 1.80. The molecule has 0 bridgehead atoms. The van der Waals surface area contributed by atoms with Crippen molar-refractivity contribution in [1.29, 1.82) is 0 Å². The first kappa shape index (κ1) is 28.1. The van der Waals surface area contributed by atoms with Gasteiger partial charge in [-0.25, -0.2) is 0 Å². The number of methoxy groups -OCH3 is 1. The van der Waals surface area contributed by atoms with Crippen LogP contribution in [0.3, 0.4) is 0 Å². The van der Waals surface area contributed by atoms with Crippen molar-refractivity contribution in [1.82, 2.24) is 0 Å². The average Bonchev–Trinajstić information content (AvgIpc) is 3.12. The molecule has 1 aliphatic rings. The molecule has 0 aliphatic heterocycles. The molecule has 0 saturated heterocycles. The fourth-order valence-corrected chi connectivity index (χ4v) is 4.78. The number of rotatable bonds is 13. The van der Waals surface area contributed by atoms with Gasteiger partial charge in [0.2, 0.25) is 0 Å². The Hall–Kier alpha value is -2.13. The van der Waals surface area contributed by atoms with Crippen LogP contribution in [0.1, 0.15) is 75.3 Å². The molecule has 0 aromatic heterocycles. The van der Waals surface area contributed by atoms with Crippen molar-refractivity contribution >= 4 is 11.7 Å². The van der Waals surface area contributed by atoms with Gasteiger partial charge in [0.1, 0.15) is 0 Å². The third-order valence-corrected chi connectivity index (χ3v) is 6.71. The van der Waals surface area contributed by atoms with Gasteiger partial charge in [0.15, 0.2) is 0 Å². The molecule has 6 nitrogen and oxygen atoms in total. The standard InChI is InChI=1S/C25H36F3NO5/c1-34-24(32)10-5-3-2-4-9-21-20(22(29-33)16-23(21)31)14-13-19(30)12-11-17-7-6-8-18(15-17)25(26,27)28/h6-8,15,19-21,23,30-31,33H,2-5,9-14,16H2,1H3/b29-22-. The lowest BCUT2D eigenvalue weighted by molar-refractivity contribution is -0.140. The van der Waals surface area contributed by atoms with Crippen molar-refractivity contribution in [2.45, 2.75) is 89.0 Å². The largest absolute Gasteiger partial charge is 0.469 e. The number of hydrogen-bond acceptors (Lipinski definition) is 6. The Labute approximate surface area is 198 Å². The molecule has 4 atom stereocenters. The SMILES string of the molecule is COC(=O)CCCCCCC1C(O)C/C(=N/O)C1CCC(O)CCc1cccc(C(F)(F)F)c1. The number of aliphatic hydroxyl groups is 2. The Morgan fingerprint density at radius 3 is 2.59 bits per heavy atom. The summed E-state index contributed by atoms with van der Waals surface area (Å²) in [6, 6.07) is 5.12. The summed E-state index contributed by atoms with van der Waals surface area (Å²) in [5.41, 5.74) is 0.359. The van der Waals surface area contributed by atoms with Gasteiger partial charge in [-0.2, -0.15) is 13.2 Å². The second-order valence-corrected chi connectivity index (χ2v) is 9.13. The molecule has 1 aromatic carbocycles. The highest BCUT2D eigenvalue weighted by molar-refractivity contribution is 5.89. The topological polar surface area (TPSA) is 99.4 Å². The van der Waals surface area contributed by atoms with Gasteiger partial charge in [-0.15, -0.1) is 0 Å². The number of carbonyl (C=O) groups excluding carboxylic acids is 1. The van der Waals surface area contributed by atoms with Gasteiger partial charge in [0, 0.05) is 18.8 Å². The van der Waals surface area contributed by atoms with Crippen molar-refractivity contribution in [3.05, 3.63) is 35.4 Å². The zero-order chi connectivity index (χ0) is 25.1. The molecule has 1 fully saturated rings. The molecule has 0 radical (unpaired) electrons. The van der Waals surface area contributed by atoms with Crippen LogP contribution in [-0.4, -0.2) is 46.4 Å². The molecule has 1 saturated carbocycles. The molecule has 34 heavy (non-hydrogen) atoms. The Bertz CT molecular complexity index is 799. The average molecular weight is 488 g/mol. The van der Waals surface area contributed by atoms with Crippen LogP contribution in [0.5, 0.6) is 0 Å². The van der Waals surface area contributed by atoms with Crippen LogP contribution >= 0.6 is 0 Å². The number of carbonyl (C=O) groups is 1. The molecular weight excluding hydrogens is 451 g/mol. The number of esters is 1. The van der Waals surface area contributed by atoms with Crippen molar-refractivity contribution in [2.75, 3.05) is 7.11 Å². The highest BCUT2D eigenvalue weighted by atomic mass is 19.4. The zero-order valence-electron chi connectivity index (χ0n) is 19.6. The van der Waals surface area contributed by atoms with Crippen LogP contribution < -0.4 is 0 Å². The van der Waals surface area contributed by atoms with E-state index in [0.29, 0.717) is 49.8 Å². The highest BCUT2D eigenvalue weighted by Gasteiger charge is 2.39. The van der Waals surface area contributed by atoms with Crippen molar-refractivity contribution in [3.8, 4) is 0 Å². The molecule has 0 spiro atoms. The monoisotopic (exact) mass is 487 g/mol. The molecule has 192 valence electrons. The van der Waals surface area contributed by atoms with Crippen LogP contribution in [0.25, 0.3) is 0 Å². The highest BCUT2D eigenvalue weighted by Crippen LogP contribution is 2.37. The normalized spacial score (nSPS) is 22.8. The Morgan fingerprint density at radius 1 is 1.18 bits per heavy atom. The molecule has 0 heterocycles. The van der Waals surface area contributed by atoms with Gasteiger partial charge in [-0.05, 0) is 56.1 Å². The number of aryl methyl sites for hydroxylation is 1. The summed E-state index contributed by atoms with van der Waals surface area (Å²) >= 11 is 0. The summed E-state index contributed by atoms with van der Waals surface area (Å²) in [4.78, 5) is 11.2. The minimum absolute atomic E-state index is 0.0674. The Morgan fingerprint density at radius 2 is 1.91 bits per heavy atom. The summed E-state index contributed by atoms with van der Waals surface area (Å²) in [6.07, 6.45) is 0.771. The maximum atomic E-state index is 12.9. The maximum Gasteiger partial charge on any atom is 0.416 e. The van der Waals surface area contributed by atoms with Gasteiger partial charge < -0.3 is 20.2 Å². The summed E-state index contributed by atoms with van der Waals surface area (Å²) in [5.74, 6) is -0.429. The molecule has 0 amide bonds. The van der Waals surface area contributed by atoms with Crippen molar-refractivity contribution in [2.24, 2.45) is 17.0 Å². The van der Waals surface area contributed by atoms with E-state index in [1.165, 1.54) is 13.2 Å². The van der Waals surface area contributed by atoms with Crippen LogP contribution in [0.15, 0.2) is 29.4 Å². The van der Waals surface area contributed by atoms with Crippen molar-refractivity contribution < 1.29 is 38.1 Å². The molecule has 9 heteroatoms. The zero-order valence-corrected chi connectivity index (χ0v) is 19.6. The second kappa shape index (κ2) is 13.7. The van der Waals surface area contributed by atoms with E-state index < -0.39 is 23.9 Å². The second-order valence-electron chi connectivity index (χ2n) is 9.13. The number of hydrogen-bond donors (Lipinski definition) is 3. The summed E-state index contributed by atoms with van der Waals surface area (Å²) in [7, 11) is 1.37. The van der Waals surface area contributed by atoms with Crippen LogP contribution in [0.2, 0.25) is 0 Å². The molecule has 3 N–H and O–H groups in total. The van der Waals surface area contributed by atoms with E-state index in [2.05, 4.69) is 9.89 Å². The predicted molar refractivity (Wildman–Crippen MR) is 122 cm³/mol. The first-order valence-corrected chi connectivity index (χ1v) is 12.0. The number of aliphatic hydroxyl groups excluding tert-OH is 2. The van der Waals surface area contributed by atoms with Gasteiger partial charge in [-0.3, -0.25) is 4.79 Å². The summed E-state index contributed by atoms with van der Waals surface area (Å²) in [5, 5.41) is 33.6. The van der Waals surface area contributed by atoms with Gasteiger partial charge in [0.05, 0.1) is 30.6 Å². The van der Waals surface area contributed by atoms with Gasteiger partial charge >= 0.3 is 12.1 Å². The first-order chi connectivity index (χ1) is 16.2. The van der Waals surface area contributed by atoms with E-state index in [-0.39, 0.29) is 17.8 Å². The molecule has 4 unspecified atom stereocenters. The lowest BCUT2D eigenvalue weighted by atomic mass is 9.84. The van der Waals surface area contributed by atoms with Gasteiger partial charge in [0.25, 0.3) is 0 Å². The van der Waals surface area contributed by atoms with E-state index in [1.54, 1.807) is 6.07 Å². The van der Waals surface area contributed by atoms with Gasteiger partial charge in [-0.1, -0.05) is 42.6 Å². The maximum absolute atomic E-state index is 12.9. The number of halogens is 3. The van der Waals surface area contributed by atoms with E-state index in [4.69, 9.17) is 0 Å². The third kappa shape index (κ3) is 8.91. The smallest absolute Gasteiger partial charge is 0.416 e. The lowest BCUT2D eigenvalue weighted by Crippen LogP contribution is -2.22. The minimum atomic E-state index is -4.39. The first-order valence-electron chi connectivity index (χ1n) is 12.0. The van der Waals surface area contributed by atoms with Crippen LogP contribution in [-0.2, 0) is 22.1 Å². The van der Waals surface area contributed by atoms with E-state index in [0.717, 1.165) is 44.2 Å². The molecule has 1 aliphatic carbocycles. The van der Waals surface area contributed by atoms with Crippen LogP contribution in [0.4, 0.5) is 13.2 Å². The quantitative estimate of drug-likeness (QED) is 0.155. The number of nitrogens with zero attached hydrogens (tertiary/aromatic N) is 1. The number of oxime groups is 1. The molecule has 1 aromatic rings. The number of unbranched alkanes of at least 4 members (excludes halogenated alkanes) is 3. The fraction of sp³-hybridized carbons (Fsp3) is 0.680. The third-order valence-electron chi connectivity index (χ3n) is 6.71. The van der Waals surface area contributed by atoms with E-state index >= 15 is 0 Å². The van der Waals surface area contributed by atoms with Crippen LogP contribution in [0, 0.1) is 11.8 Å². The Kier molecular flexibility index (Phi) is 11.3. The minimum Gasteiger partial charge on any atom is -0.469 e. The van der Waals surface area contributed by atoms with E-state index in [9.17, 15) is 33.4 Å². The number of benzene rings is 1.